The van der Waals surface area contributed by atoms with Gasteiger partial charge in [0.25, 0.3) is 0 Å². The summed E-state index contributed by atoms with van der Waals surface area (Å²) in [6.07, 6.45) is 6.64. The lowest BCUT2D eigenvalue weighted by Crippen LogP contribution is -1.90. The Bertz CT molecular complexity index is 832. The molecule has 21 heavy (non-hydrogen) atoms. The van der Waals surface area contributed by atoms with Gasteiger partial charge >= 0.3 is 0 Å². The molecule has 1 aliphatic carbocycles. The van der Waals surface area contributed by atoms with E-state index in [1.807, 2.05) is 24.4 Å². The predicted octanol–water partition coefficient (Wildman–Crippen LogP) is 3.99. The van der Waals surface area contributed by atoms with E-state index in [-0.39, 0.29) is 0 Å². The normalized spacial score (nSPS) is 14.5. The Labute approximate surface area is 121 Å². The second kappa shape index (κ2) is 4.52. The van der Waals surface area contributed by atoms with Crippen molar-refractivity contribution < 1.29 is 9.18 Å². The Kier molecular flexibility index (Phi) is 2.64. The van der Waals surface area contributed by atoms with E-state index < -0.39 is 5.95 Å². The minimum Gasteiger partial charge on any atom is -0.344 e. The van der Waals surface area contributed by atoms with Crippen molar-refractivity contribution in [1.82, 2.24) is 9.55 Å². The van der Waals surface area contributed by atoms with Crippen LogP contribution in [0.15, 0.2) is 42.7 Å². The molecule has 0 amide bonds. The van der Waals surface area contributed by atoms with Gasteiger partial charge in [-0.3, -0.25) is 4.79 Å². The summed E-state index contributed by atoms with van der Waals surface area (Å²) in [5.74, 6) is -0.503. The summed E-state index contributed by atoms with van der Waals surface area (Å²) in [5, 5.41) is 0.924. The van der Waals surface area contributed by atoms with Gasteiger partial charge in [-0.05, 0) is 36.6 Å². The number of rotatable bonds is 3. The molecule has 1 aliphatic rings. The third kappa shape index (κ3) is 1.95. The van der Waals surface area contributed by atoms with Crippen molar-refractivity contribution in [2.24, 2.45) is 0 Å². The fourth-order valence-corrected chi connectivity index (χ4v) is 2.86. The molecule has 2 aromatic heterocycles. The predicted molar refractivity (Wildman–Crippen MR) is 78.8 cm³/mol. The van der Waals surface area contributed by atoms with E-state index in [1.165, 1.54) is 12.3 Å². The van der Waals surface area contributed by atoms with Crippen LogP contribution < -0.4 is 0 Å². The minimum absolute atomic E-state index is 0.503. The molecule has 1 saturated carbocycles. The van der Waals surface area contributed by atoms with Gasteiger partial charge in [0, 0.05) is 40.5 Å². The van der Waals surface area contributed by atoms with Gasteiger partial charge in [-0.2, -0.15) is 4.39 Å². The Hall–Kier alpha value is -2.49. The molecule has 4 rings (SSSR count). The second-order valence-corrected chi connectivity index (χ2v) is 5.41. The highest BCUT2D eigenvalue weighted by molar-refractivity contribution is 6.06. The van der Waals surface area contributed by atoms with E-state index in [1.54, 1.807) is 6.07 Å². The van der Waals surface area contributed by atoms with Crippen LogP contribution in [-0.4, -0.2) is 15.8 Å². The number of hydrogen-bond donors (Lipinski definition) is 0. The van der Waals surface area contributed by atoms with Gasteiger partial charge in [-0.25, -0.2) is 4.98 Å². The lowest BCUT2D eigenvalue weighted by Gasteiger charge is -2.06. The van der Waals surface area contributed by atoms with Crippen LogP contribution in [-0.2, 0) is 0 Å². The topological polar surface area (TPSA) is 34.9 Å². The van der Waals surface area contributed by atoms with E-state index in [0.29, 0.717) is 11.6 Å². The quantitative estimate of drug-likeness (QED) is 0.537. The number of fused-ring (bicyclic) bond motifs is 1. The number of carbonyl (C=O) groups is 1. The first-order valence-corrected chi connectivity index (χ1v) is 6.98. The second-order valence-electron chi connectivity index (χ2n) is 5.41. The van der Waals surface area contributed by atoms with Crippen molar-refractivity contribution >= 4 is 17.2 Å². The van der Waals surface area contributed by atoms with Gasteiger partial charge in [0.15, 0.2) is 6.29 Å². The van der Waals surface area contributed by atoms with Crippen LogP contribution in [0.25, 0.3) is 22.0 Å². The molecule has 0 radical (unpaired) electrons. The molecule has 4 heteroatoms. The smallest absolute Gasteiger partial charge is 0.212 e. The highest BCUT2D eigenvalue weighted by Crippen LogP contribution is 2.41. The molecule has 0 aliphatic heterocycles. The number of aromatic nitrogens is 2. The zero-order valence-corrected chi connectivity index (χ0v) is 11.3. The van der Waals surface area contributed by atoms with E-state index in [4.69, 9.17) is 0 Å². The number of hydrogen-bond acceptors (Lipinski definition) is 2. The average Bonchev–Trinajstić information content (AvgIpc) is 3.28. The SMILES string of the molecule is O=Cc1cn(C2CC2)c2cccc(-c3ccc(F)nc3)c12. The van der Waals surface area contributed by atoms with E-state index in [9.17, 15) is 9.18 Å². The molecule has 1 fully saturated rings. The molecule has 1 aromatic carbocycles. The Balaban J connectivity index is 2.00. The summed E-state index contributed by atoms with van der Waals surface area (Å²) in [6, 6.07) is 9.48. The molecule has 0 saturated heterocycles. The fraction of sp³-hybridized carbons (Fsp3) is 0.176. The maximum Gasteiger partial charge on any atom is 0.212 e. The van der Waals surface area contributed by atoms with Crippen LogP contribution >= 0.6 is 0 Å². The van der Waals surface area contributed by atoms with Gasteiger partial charge in [-0.15, -0.1) is 0 Å². The molecule has 3 aromatic rings. The van der Waals surface area contributed by atoms with Crippen LogP contribution in [0.1, 0.15) is 29.2 Å². The van der Waals surface area contributed by atoms with Gasteiger partial charge in [0.05, 0.1) is 0 Å². The number of pyridine rings is 1. The molecular weight excluding hydrogens is 267 g/mol. The molecule has 104 valence electrons. The Morgan fingerprint density at radius 3 is 2.76 bits per heavy atom. The molecule has 0 atom stereocenters. The van der Waals surface area contributed by atoms with Crippen LogP contribution in [0, 0.1) is 5.95 Å². The Morgan fingerprint density at radius 1 is 1.24 bits per heavy atom. The first-order chi connectivity index (χ1) is 10.3. The largest absolute Gasteiger partial charge is 0.344 e. The number of carbonyl (C=O) groups excluding carboxylic acids is 1. The standard InChI is InChI=1S/C17H13FN2O/c18-16-7-4-11(8-19-16)14-2-1-3-15-17(14)12(10-21)9-20(15)13-5-6-13/h1-4,7-10,13H,5-6H2. The van der Waals surface area contributed by atoms with Crippen LogP contribution in [0.2, 0.25) is 0 Å². The number of halogens is 1. The van der Waals surface area contributed by atoms with Crippen molar-refractivity contribution in [1.29, 1.82) is 0 Å². The van der Waals surface area contributed by atoms with E-state index >= 15 is 0 Å². The molecule has 0 unspecified atom stereocenters. The number of aldehydes is 1. The summed E-state index contributed by atoms with van der Waals surface area (Å²) >= 11 is 0. The highest BCUT2D eigenvalue weighted by Gasteiger charge is 2.26. The average molecular weight is 280 g/mol. The lowest BCUT2D eigenvalue weighted by atomic mass is 10.0. The molecule has 0 N–H and O–H groups in total. The number of benzene rings is 1. The minimum atomic E-state index is -0.503. The van der Waals surface area contributed by atoms with E-state index in [0.717, 1.165) is 41.2 Å². The third-order valence-electron chi connectivity index (χ3n) is 3.99. The summed E-state index contributed by atoms with van der Waals surface area (Å²) in [5.41, 5.74) is 3.47. The van der Waals surface area contributed by atoms with Crippen LogP contribution in [0.5, 0.6) is 0 Å². The summed E-state index contributed by atoms with van der Waals surface area (Å²) in [4.78, 5) is 15.1. The summed E-state index contributed by atoms with van der Waals surface area (Å²) in [7, 11) is 0. The maximum absolute atomic E-state index is 13.0. The molecule has 0 spiro atoms. The van der Waals surface area contributed by atoms with Gasteiger partial charge in [0.1, 0.15) is 0 Å². The van der Waals surface area contributed by atoms with Gasteiger partial charge in [0.2, 0.25) is 5.95 Å². The summed E-state index contributed by atoms with van der Waals surface area (Å²) in [6.45, 7) is 0. The van der Waals surface area contributed by atoms with Crippen molar-refractivity contribution in [3.63, 3.8) is 0 Å². The van der Waals surface area contributed by atoms with E-state index in [2.05, 4.69) is 9.55 Å². The van der Waals surface area contributed by atoms with Crippen molar-refractivity contribution in [2.45, 2.75) is 18.9 Å². The lowest BCUT2D eigenvalue weighted by molar-refractivity contribution is 0.112. The van der Waals surface area contributed by atoms with Crippen molar-refractivity contribution in [2.75, 3.05) is 0 Å². The molecule has 0 bridgehead atoms. The zero-order valence-electron chi connectivity index (χ0n) is 11.3. The van der Waals surface area contributed by atoms with Crippen LogP contribution in [0.4, 0.5) is 4.39 Å². The first-order valence-electron chi connectivity index (χ1n) is 6.98. The monoisotopic (exact) mass is 280 g/mol. The van der Waals surface area contributed by atoms with Crippen molar-refractivity contribution in [3.05, 3.63) is 54.2 Å². The first kappa shape index (κ1) is 12.3. The third-order valence-corrected chi connectivity index (χ3v) is 3.99. The molecular formula is C17H13FN2O. The molecule has 3 nitrogen and oxygen atoms in total. The fourth-order valence-electron chi connectivity index (χ4n) is 2.86. The highest BCUT2D eigenvalue weighted by atomic mass is 19.1. The molecule has 2 heterocycles. The van der Waals surface area contributed by atoms with Gasteiger partial charge < -0.3 is 4.57 Å². The Morgan fingerprint density at radius 2 is 2.10 bits per heavy atom. The maximum atomic E-state index is 13.0. The number of nitrogens with zero attached hydrogens (tertiary/aromatic N) is 2. The van der Waals surface area contributed by atoms with Crippen molar-refractivity contribution in [3.8, 4) is 11.1 Å². The summed E-state index contributed by atoms with van der Waals surface area (Å²) < 4.78 is 15.2. The zero-order chi connectivity index (χ0) is 14.4. The van der Waals surface area contributed by atoms with Gasteiger partial charge in [-0.1, -0.05) is 12.1 Å². The van der Waals surface area contributed by atoms with Crippen LogP contribution in [0.3, 0.4) is 0 Å².